The van der Waals surface area contributed by atoms with Crippen LogP contribution >= 0.6 is 0 Å². The number of sulfone groups is 1. The Bertz CT molecular complexity index is 528. The summed E-state index contributed by atoms with van der Waals surface area (Å²) in [6.45, 7) is 7.52. The number of esters is 1. The summed E-state index contributed by atoms with van der Waals surface area (Å²) >= 11 is 0. The van der Waals surface area contributed by atoms with E-state index < -0.39 is 31.7 Å². The fourth-order valence-electron chi connectivity index (χ4n) is 3.53. The summed E-state index contributed by atoms with van der Waals surface area (Å²) in [5, 5.41) is -0.518. The Labute approximate surface area is 127 Å². The van der Waals surface area contributed by atoms with Gasteiger partial charge in [-0.3, -0.25) is 4.79 Å². The third-order valence-corrected chi connectivity index (χ3v) is 7.25. The molecule has 0 aromatic heterocycles. The van der Waals surface area contributed by atoms with Gasteiger partial charge in [-0.15, -0.1) is 0 Å². The Hall–Kier alpha value is -0.620. The molecule has 0 bridgehead atoms. The first-order valence-corrected chi connectivity index (χ1v) is 9.12. The van der Waals surface area contributed by atoms with Crippen LogP contribution < -0.4 is 0 Å². The number of carbonyl (C=O) groups is 1. The van der Waals surface area contributed by atoms with Crippen molar-refractivity contribution in [3.8, 4) is 0 Å². The molecule has 0 N–H and O–H groups in total. The molecule has 0 radical (unpaired) electrons. The lowest BCUT2D eigenvalue weighted by Crippen LogP contribution is -2.41. The maximum absolute atomic E-state index is 12.8. The molecule has 2 aliphatic rings. The molecule has 21 heavy (non-hydrogen) atoms. The van der Waals surface area contributed by atoms with Gasteiger partial charge in [0, 0.05) is 0 Å². The van der Waals surface area contributed by atoms with Gasteiger partial charge in [0.25, 0.3) is 0 Å². The highest BCUT2D eigenvalue weighted by Gasteiger charge is 2.56. The summed E-state index contributed by atoms with van der Waals surface area (Å²) in [6, 6.07) is 0. The summed E-state index contributed by atoms with van der Waals surface area (Å²) < 4.78 is 36.2. The number of rotatable bonds is 5. The first kappa shape index (κ1) is 16.7. The van der Waals surface area contributed by atoms with Gasteiger partial charge in [0.2, 0.25) is 0 Å². The van der Waals surface area contributed by atoms with E-state index in [-0.39, 0.29) is 18.1 Å². The molecule has 1 saturated heterocycles. The molecule has 0 spiro atoms. The molecular weight excluding hydrogens is 292 g/mol. The van der Waals surface area contributed by atoms with Gasteiger partial charge in [-0.1, -0.05) is 0 Å². The minimum atomic E-state index is -3.32. The third-order valence-electron chi connectivity index (χ3n) is 4.64. The van der Waals surface area contributed by atoms with Gasteiger partial charge < -0.3 is 9.47 Å². The zero-order valence-corrected chi connectivity index (χ0v) is 14.4. The average Bonchev–Trinajstić information content (AvgIpc) is 2.97. The van der Waals surface area contributed by atoms with Crippen molar-refractivity contribution in [3.05, 3.63) is 0 Å². The van der Waals surface area contributed by atoms with Crippen LogP contribution in [-0.4, -0.2) is 43.7 Å². The average molecular weight is 318 g/mol. The van der Waals surface area contributed by atoms with Crippen LogP contribution in [0.25, 0.3) is 0 Å². The van der Waals surface area contributed by atoms with Crippen molar-refractivity contribution in [2.24, 2.45) is 5.41 Å². The van der Waals surface area contributed by atoms with E-state index in [0.29, 0.717) is 6.42 Å². The standard InChI is InChI=1S/C15H26O5S/c1-13(2)8-11(14(3,4)20-13)21(17,18)10-15(6-7-15)9-12(16)19-5/h11H,6-10H2,1-5H3. The molecule has 1 aliphatic heterocycles. The number of ether oxygens (including phenoxy) is 2. The fraction of sp³-hybridized carbons (Fsp3) is 0.933. The first-order valence-electron chi connectivity index (χ1n) is 7.40. The van der Waals surface area contributed by atoms with Gasteiger partial charge >= 0.3 is 5.97 Å². The summed E-state index contributed by atoms with van der Waals surface area (Å²) in [4.78, 5) is 11.5. The van der Waals surface area contributed by atoms with Crippen molar-refractivity contribution in [1.29, 1.82) is 0 Å². The van der Waals surface area contributed by atoms with Crippen LogP contribution in [0.2, 0.25) is 0 Å². The second-order valence-corrected chi connectivity index (χ2v) is 9.90. The highest BCUT2D eigenvalue weighted by atomic mass is 32.2. The number of carbonyl (C=O) groups excluding carboxylic acids is 1. The molecule has 0 aromatic rings. The van der Waals surface area contributed by atoms with E-state index in [9.17, 15) is 13.2 Å². The van der Waals surface area contributed by atoms with Crippen molar-refractivity contribution in [2.75, 3.05) is 12.9 Å². The largest absolute Gasteiger partial charge is 0.469 e. The molecule has 0 aromatic carbocycles. The van der Waals surface area contributed by atoms with E-state index >= 15 is 0 Å². The van der Waals surface area contributed by atoms with Crippen LogP contribution in [0.15, 0.2) is 0 Å². The van der Waals surface area contributed by atoms with E-state index in [2.05, 4.69) is 4.74 Å². The van der Waals surface area contributed by atoms with E-state index in [4.69, 9.17) is 4.74 Å². The molecule has 5 nitrogen and oxygen atoms in total. The first-order chi connectivity index (χ1) is 9.41. The lowest BCUT2D eigenvalue weighted by molar-refractivity contribution is -0.141. The highest BCUT2D eigenvalue weighted by Crippen LogP contribution is 2.52. The van der Waals surface area contributed by atoms with Crippen molar-refractivity contribution < 1.29 is 22.7 Å². The summed E-state index contributed by atoms with van der Waals surface area (Å²) in [5.41, 5.74) is -1.53. The minimum Gasteiger partial charge on any atom is -0.469 e. The molecule has 2 fully saturated rings. The van der Waals surface area contributed by atoms with Crippen LogP contribution in [0.4, 0.5) is 0 Å². The van der Waals surface area contributed by atoms with Gasteiger partial charge in [0.15, 0.2) is 9.84 Å². The Morgan fingerprint density at radius 3 is 2.19 bits per heavy atom. The van der Waals surface area contributed by atoms with Crippen LogP contribution in [0, 0.1) is 5.41 Å². The topological polar surface area (TPSA) is 69.7 Å². The summed E-state index contributed by atoms with van der Waals surface area (Å²) in [6.07, 6.45) is 2.24. The van der Waals surface area contributed by atoms with Gasteiger partial charge in [-0.25, -0.2) is 8.42 Å². The smallest absolute Gasteiger partial charge is 0.306 e. The molecule has 2 rings (SSSR count). The minimum absolute atomic E-state index is 0.0582. The Kier molecular flexibility index (Phi) is 3.94. The number of hydrogen-bond donors (Lipinski definition) is 0. The van der Waals surface area contributed by atoms with Crippen LogP contribution in [0.3, 0.4) is 0 Å². The predicted molar refractivity (Wildman–Crippen MR) is 79.7 cm³/mol. The molecule has 1 aliphatic carbocycles. The lowest BCUT2D eigenvalue weighted by Gasteiger charge is -2.28. The molecule has 1 atom stereocenters. The normalized spacial score (nSPS) is 29.1. The predicted octanol–water partition coefficient (Wildman–Crippen LogP) is 2.09. The molecule has 6 heteroatoms. The number of methoxy groups -OCH3 is 1. The molecule has 1 heterocycles. The summed E-state index contributed by atoms with van der Waals surface area (Å²) in [7, 11) is -1.98. The fourth-order valence-corrected chi connectivity index (χ4v) is 6.54. The molecular formula is C15H26O5S. The van der Waals surface area contributed by atoms with Gasteiger partial charge in [0.05, 0.1) is 35.7 Å². The van der Waals surface area contributed by atoms with E-state index in [0.717, 1.165) is 12.8 Å². The number of hydrogen-bond acceptors (Lipinski definition) is 5. The quantitative estimate of drug-likeness (QED) is 0.726. The zero-order valence-electron chi connectivity index (χ0n) is 13.6. The van der Waals surface area contributed by atoms with Crippen molar-refractivity contribution in [2.45, 2.75) is 69.8 Å². The molecule has 1 saturated carbocycles. The zero-order chi connectivity index (χ0) is 16.1. The Morgan fingerprint density at radius 2 is 1.81 bits per heavy atom. The summed E-state index contributed by atoms with van der Waals surface area (Å²) in [5.74, 6) is -0.271. The van der Waals surface area contributed by atoms with Gasteiger partial charge in [0.1, 0.15) is 0 Å². The molecule has 0 amide bonds. The Morgan fingerprint density at radius 1 is 1.24 bits per heavy atom. The lowest BCUT2D eigenvalue weighted by atomic mass is 10.0. The van der Waals surface area contributed by atoms with E-state index in [1.54, 1.807) is 0 Å². The monoisotopic (exact) mass is 318 g/mol. The molecule has 1 unspecified atom stereocenters. The van der Waals surface area contributed by atoms with Crippen molar-refractivity contribution in [3.63, 3.8) is 0 Å². The SMILES string of the molecule is COC(=O)CC1(CS(=O)(=O)C2CC(C)(C)OC2(C)C)CC1. The van der Waals surface area contributed by atoms with Crippen LogP contribution in [0.5, 0.6) is 0 Å². The molecule has 122 valence electrons. The Balaban J connectivity index is 2.14. The van der Waals surface area contributed by atoms with E-state index in [1.807, 2.05) is 27.7 Å². The maximum Gasteiger partial charge on any atom is 0.306 e. The van der Waals surface area contributed by atoms with Crippen LogP contribution in [-0.2, 0) is 24.1 Å². The van der Waals surface area contributed by atoms with Crippen molar-refractivity contribution >= 4 is 15.8 Å². The van der Waals surface area contributed by atoms with Gasteiger partial charge in [-0.05, 0) is 52.4 Å². The van der Waals surface area contributed by atoms with Crippen LogP contribution in [0.1, 0.15) is 53.4 Å². The van der Waals surface area contributed by atoms with Crippen molar-refractivity contribution in [1.82, 2.24) is 0 Å². The maximum atomic E-state index is 12.8. The second kappa shape index (κ2) is 4.95. The second-order valence-electron chi connectivity index (χ2n) is 7.72. The highest BCUT2D eigenvalue weighted by molar-refractivity contribution is 7.92. The third kappa shape index (κ3) is 3.59. The van der Waals surface area contributed by atoms with Gasteiger partial charge in [-0.2, -0.15) is 0 Å². The van der Waals surface area contributed by atoms with E-state index in [1.165, 1.54) is 7.11 Å².